The molecule has 1 saturated carbocycles. The Balaban J connectivity index is 1.80. The van der Waals surface area contributed by atoms with Crippen LogP contribution in [0.4, 0.5) is 0 Å². The lowest BCUT2D eigenvalue weighted by Gasteiger charge is -2.34. The van der Waals surface area contributed by atoms with Gasteiger partial charge in [-0.05, 0) is 36.8 Å². The van der Waals surface area contributed by atoms with Crippen molar-refractivity contribution in [1.29, 1.82) is 0 Å². The predicted octanol–water partition coefficient (Wildman–Crippen LogP) is 0.891. The quantitative estimate of drug-likeness (QED) is 0.822. The number of pyridine rings is 1. The molecule has 3 atom stereocenters. The first-order valence-electron chi connectivity index (χ1n) is 6.21. The minimum atomic E-state index is 0.0337. The lowest BCUT2D eigenvalue weighted by Crippen LogP contribution is -2.48. The fraction of sp³-hybridized carbons (Fsp3) is 0.538. The van der Waals surface area contributed by atoms with Gasteiger partial charge in [-0.1, -0.05) is 6.07 Å². The van der Waals surface area contributed by atoms with Crippen molar-refractivity contribution in [2.75, 3.05) is 13.1 Å². The van der Waals surface area contributed by atoms with Crippen LogP contribution in [0, 0.1) is 11.8 Å². The van der Waals surface area contributed by atoms with E-state index < -0.39 is 0 Å². The van der Waals surface area contributed by atoms with Crippen LogP contribution < -0.4 is 5.73 Å². The number of likely N-dealkylation sites (tertiary alicyclic amines) is 1. The zero-order valence-electron chi connectivity index (χ0n) is 9.75. The van der Waals surface area contributed by atoms with Crippen LogP contribution >= 0.6 is 0 Å². The van der Waals surface area contributed by atoms with Gasteiger partial charge in [0.05, 0.1) is 0 Å². The van der Waals surface area contributed by atoms with Gasteiger partial charge in [0.15, 0.2) is 0 Å². The average molecular weight is 231 g/mol. The number of hydrogen-bond acceptors (Lipinski definition) is 3. The second-order valence-electron chi connectivity index (χ2n) is 5.05. The van der Waals surface area contributed by atoms with E-state index in [-0.39, 0.29) is 11.9 Å². The summed E-state index contributed by atoms with van der Waals surface area (Å²) in [6.07, 6.45) is 4.00. The molecule has 0 unspecified atom stereocenters. The zero-order valence-corrected chi connectivity index (χ0v) is 9.75. The smallest absolute Gasteiger partial charge is 0.272 e. The van der Waals surface area contributed by atoms with E-state index >= 15 is 0 Å². The van der Waals surface area contributed by atoms with E-state index in [1.165, 1.54) is 6.42 Å². The van der Waals surface area contributed by atoms with Crippen molar-refractivity contribution in [3.63, 3.8) is 0 Å². The molecular formula is C13H17N3O. The summed E-state index contributed by atoms with van der Waals surface area (Å²) in [6, 6.07) is 5.65. The van der Waals surface area contributed by atoms with Gasteiger partial charge < -0.3 is 10.6 Å². The highest BCUT2D eigenvalue weighted by Gasteiger charge is 2.46. The van der Waals surface area contributed by atoms with Crippen molar-refractivity contribution >= 4 is 5.91 Å². The molecule has 3 rings (SSSR count). The summed E-state index contributed by atoms with van der Waals surface area (Å²) in [4.78, 5) is 18.4. The van der Waals surface area contributed by atoms with Crippen LogP contribution in [-0.2, 0) is 0 Å². The molecule has 90 valence electrons. The van der Waals surface area contributed by atoms with Crippen LogP contribution in [0.2, 0.25) is 0 Å². The van der Waals surface area contributed by atoms with Gasteiger partial charge >= 0.3 is 0 Å². The van der Waals surface area contributed by atoms with Gasteiger partial charge in [0.2, 0.25) is 0 Å². The summed E-state index contributed by atoms with van der Waals surface area (Å²) in [5.41, 5.74) is 6.31. The number of fused-ring (bicyclic) bond motifs is 1. The van der Waals surface area contributed by atoms with Crippen molar-refractivity contribution < 1.29 is 4.79 Å². The van der Waals surface area contributed by atoms with Crippen LogP contribution in [0.25, 0.3) is 0 Å². The van der Waals surface area contributed by atoms with Crippen LogP contribution in [0.1, 0.15) is 23.3 Å². The normalized spacial score (nSPS) is 30.9. The maximum absolute atomic E-state index is 12.3. The first-order valence-corrected chi connectivity index (χ1v) is 6.21. The summed E-state index contributed by atoms with van der Waals surface area (Å²) in [6.45, 7) is 1.42. The summed E-state index contributed by atoms with van der Waals surface area (Å²) in [5.74, 6) is 1.56. The van der Waals surface area contributed by atoms with Gasteiger partial charge in [0.25, 0.3) is 5.91 Å². The van der Waals surface area contributed by atoms with Gasteiger partial charge in [-0.15, -0.1) is 0 Å². The third kappa shape index (κ3) is 1.93. The molecule has 0 radical (unpaired) electrons. The molecule has 0 spiro atoms. The van der Waals surface area contributed by atoms with Crippen LogP contribution in [-0.4, -0.2) is 34.9 Å². The molecule has 2 N–H and O–H groups in total. The zero-order chi connectivity index (χ0) is 11.8. The van der Waals surface area contributed by atoms with E-state index in [1.54, 1.807) is 12.3 Å². The molecule has 1 aliphatic heterocycles. The largest absolute Gasteiger partial charge is 0.333 e. The van der Waals surface area contributed by atoms with Crippen molar-refractivity contribution in [3.8, 4) is 0 Å². The maximum atomic E-state index is 12.3. The van der Waals surface area contributed by atoms with E-state index in [0.717, 1.165) is 18.9 Å². The molecule has 0 aromatic carbocycles. The number of hydrogen-bond donors (Lipinski definition) is 1. The number of carbonyl (C=O) groups is 1. The molecule has 4 nitrogen and oxygen atoms in total. The van der Waals surface area contributed by atoms with Crippen molar-refractivity contribution in [2.24, 2.45) is 17.6 Å². The number of aromatic nitrogens is 1. The summed E-state index contributed by atoms with van der Waals surface area (Å²) in [7, 11) is 0. The van der Waals surface area contributed by atoms with E-state index in [2.05, 4.69) is 4.98 Å². The Morgan fingerprint density at radius 3 is 3.00 bits per heavy atom. The van der Waals surface area contributed by atoms with E-state index in [1.807, 2.05) is 17.0 Å². The Bertz CT molecular complexity index is 420. The second-order valence-corrected chi connectivity index (χ2v) is 5.05. The van der Waals surface area contributed by atoms with Crippen LogP contribution in [0.15, 0.2) is 24.4 Å². The first kappa shape index (κ1) is 10.7. The SMILES string of the molecule is NC[C@@H]1C[C@@H]2C[C@@H]2CN1C(=O)c1ccccn1. The number of amides is 1. The Hall–Kier alpha value is -1.42. The molecule has 1 aromatic heterocycles. The highest BCUT2D eigenvalue weighted by Crippen LogP contribution is 2.47. The third-order valence-electron chi connectivity index (χ3n) is 3.93. The topological polar surface area (TPSA) is 59.2 Å². The molecule has 2 aliphatic rings. The highest BCUT2D eigenvalue weighted by atomic mass is 16.2. The predicted molar refractivity (Wildman–Crippen MR) is 64.3 cm³/mol. The summed E-state index contributed by atoms with van der Waals surface area (Å²) in [5, 5.41) is 0. The Kier molecular flexibility index (Phi) is 2.59. The molecule has 2 fully saturated rings. The molecule has 0 bridgehead atoms. The molecule has 4 heteroatoms. The van der Waals surface area contributed by atoms with Gasteiger partial charge in [0, 0.05) is 25.3 Å². The lowest BCUT2D eigenvalue weighted by molar-refractivity contribution is 0.0605. The molecule has 17 heavy (non-hydrogen) atoms. The minimum Gasteiger partial charge on any atom is -0.333 e. The monoisotopic (exact) mass is 231 g/mol. The van der Waals surface area contributed by atoms with Gasteiger partial charge in [-0.3, -0.25) is 9.78 Å². The molecule has 2 heterocycles. The Morgan fingerprint density at radius 2 is 2.29 bits per heavy atom. The van der Waals surface area contributed by atoms with Crippen molar-refractivity contribution in [2.45, 2.75) is 18.9 Å². The minimum absolute atomic E-state index is 0.0337. The van der Waals surface area contributed by atoms with Gasteiger partial charge in [0.1, 0.15) is 5.69 Å². The third-order valence-corrected chi connectivity index (χ3v) is 3.93. The summed E-state index contributed by atoms with van der Waals surface area (Å²) < 4.78 is 0. The number of carbonyl (C=O) groups excluding carboxylic acids is 1. The number of nitrogens with two attached hydrogens (primary N) is 1. The highest BCUT2D eigenvalue weighted by molar-refractivity contribution is 5.92. The summed E-state index contributed by atoms with van der Waals surface area (Å²) >= 11 is 0. The van der Waals surface area contributed by atoms with Crippen LogP contribution in [0.3, 0.4) is 0 Å². The standard InChI is InChI=1S/C13H17N3O/c14-7-11-6-9-5-10(9)8-16(11)13(17)12-3-1-2-4-15-12/h1-4,9-11H,5-8,14H2/t9-,10+,11-/m0/s1. The fourth-order valence-electron chi connectivity index (χ4n) is 2.81. The van der Waals surface area contributed by atoms with Gasteiger partial charge in [-0.25, -0.2) is 0 Å². The maximum Gasteiger partial charge on any atom is 0.272 e. The van der Waals surface area contributed by atoms with E-state index in [4.69, 9.17) is 5.73 Å². The van der Waals surface area contributed by atoms with Gasteiger partial charge in [-0.2, -0.15) is 0 Å². The molecule has 1 aliphatic carbocycles. The number of piperidine rings is 1. The lowest BCUT2D eigenvalue weighted by atomic mass is 10.0. The number of nitrogens with zero attached hydrogens (tertiary/aromatic N) is 2. The fourth-order valence-corrected chi connectivity index (χ4v) is 2.81. The van der Waals surface area contributed by atoms with E-state index in [0.29, 0.717) is 18.2 Å². The molecule has 1 saturated heterocycles. The Labute approximate surface area is 101 Å². The number of rotatable bonds is 2. The van der Waals surface area contributed by atoms with Crippen molar-refractivity contribution in [1.82, 2.24) is 9.88 Å². The Morgan fingerprint density at radius 1 is 1.41 bits per heavy atom. The first-order chi connectivity index (χ1) is 8.29. The van der Waals surface area contributed by atoms with Crippen molar-refractivity contribution in [3.05, 3.63) is 30.1 Å². The molecule has 1 amide bonds. The molecular weight excluding hydrogens is 214 g/mol. The van der Waals surface area contributed by atoms with E-state index in [9.17, 15) is 4.79 Å². The van der Waals surface area contributed by atoms with Crippen LogP contribution in [0.5, 0.6) is 0 Å². The molecule has 1 aromatic rings. The second kappa shape index (κ2) is 4.11. The average Bonchev–Trinajstić information content (AvgIpc) is 3.15.